The number of rotatable bonds is 3. The van der Waals surface area contributed by atoms with E-state index >= 15 is 0 Å². The summed E-state index contributed by atoms with van der Waals surface area (Å²) in [4.78, 5) is 16.1. The van der Waals surface area contributed by atoms with Gasteiger partial charge in [0.25, 0.3) is 0 Å². The van der Waals surface area contributed by atoms with Crippen molar-refractivity contribution in [3.63, 3.8) is 0 Å². The molecule has 0 saturated heterocycles. The molecular formula is C13H23N5O. The van der Waals surface area contributed by atoms with Gasteiger partial charge in [0.2, 0.25) is 5.91 Å². The van der Waals surface area contributed by atoms with Crippen molar-refractivity contribution in [2.75, 3.05) is 0 Å². The summed E-state index contributed by atoms with van der Waals surface area (Å²) in [5.41, 5.74) is 6.00. The fourth-order valence-electron chi connectivity index (χ4n) is 3.35. The second-order valence-electron chi connectivity index (χ2n) is 6.61. The summed E-state index contributed by atoms with van der Waals surface area (Å²) in [6.07, 6.45) is 2.98. The molecule has 0 radical (unpaired) electrons. The van der Waals surface area contributed by atoms with Crippen LogP contribution in [-0.4, -0.2) is 32.8 Å². The lowest BCUT2D eigenvalue weighted by Crippen LogP contribution is -2.76. The third-order valence-electron chi connectivity index (χ3n) is 4.59. The predicted octanol–water partition coefficient (Wildman–Crippen LogP) is 0.717. The normalized spacial score (nSPS) is 29.4. The van der Waals surface area contributed by atoms with Gasteiger partial charge in [0.15, 0.2) is 0 Å². The van der Waals surface area contributed by atoms with Gasteiger partial charge in [0.1, 0.15) is 18.7 Å². The van der Waals surface area contributed by atoms with Crippen LogP contribution in [0.2, 0.25) is 0 Å². The van der Waals surface area contributed by atoms with E-state index in [4.69, 9.17) is 5.73 Å². The second kappa shape index (κ2) is 4.30. The molecule has 106 valence electrons. The Morgan fingerprint density at radius 2 is 1.95 bits per heavy atom. The van der Waals surface area contributed by atoms with Gasteiger partial charge in [-0.05, 0) is 6.92 Å². The highest BCUT2D eigenvalue weighted by molar-refractivity contribution is 5.80. The molecule has 2 rings (SSSR count). The van der Waals surface area contributed by atoms with Crippen LogP contribution >= 0.6 is 0 Å². The molecule has 1 aromatic heterocycles. The quantitative estimate of drug-likeness (QED) is 0.843. The molecule has 1 saturated carbocycles. The third-order valence-corrected chi connectivity index (χ3v) is 4.59. The van der Waals surface area contributed by atoms with Gasteiger partial charge >= 0.3 is 0 Å². The van der Waals surface area contributed by atoms with Gasteiger partial charge in [-0.3, -0.25) is 4.79 Å². The van der Waals surface area contributed by atoms with Crippen LogP contribution in [0, 0.1) is 10.8 Å². The van der Waals surface area contributed by atoms with Gasteiger partial charge < -0.3 is 11.1 Å². The van der Waals surface area contributed by atoms with Gasteiger partial charge in [-0.25, -0.2) is 9.67 Å². The zero-order chi connectivity index (χ0) is 14.4. The number of hydrogen-bond acceptors (Lipinski definition) is 4. The molecule has 1 atom stereocenters. The minimum Gasteiger partial charge on any atom is -0.350 e. The first-order chi connectivity index (χ1) is 8.69. The van der Waals surface area contributed by atoms with Gasteiger partial charge in [-0.15, -0.1) is 0 Å². The van der Waals surface area contributed by atoms with E-state index in [1.54, 1.807) is 11.0 Å². The molecule has 1 fully saturated rings. The zero-order valence-electron chi connectivity index (χ0n) is 12.2. The first-order valence-corrected chi connectivity index (χ1v) is 6.59. The van der Waals surface area contributed by atoms with E-state index in [-0.39, 0.29) is 34.9 Å². The molecule has 1 aromatic rings. The highest BCUT2D eigenvalue weighted by Crippen LogP contribution is 2.52. The van der Waals surface area contributed by atoms with E-state index in [0.717, 1.165) is 0 Å². The van der Waals surface area contributed by atoms with Gasteiger partial charge in [-0.2, -0.15) is 5.10 Å². The molecule has 0 bridgehead atoms. The molecule has 6 nitrogen and oxygen atoms in total. The summed E-state index contributed by atoms with van der Waals surface area (Å²) >= 11 is 0. The van der Waals surface area contributed by atoms with Crippen LogP contribution < -0.4 is 11.1 Å². The van der Waals surface area contributed by atoms with Gasteiger partial charge in [-0.1, -0.05) is 27.7 Å². The number of hydrogen-bond donors (Lipinski definition) is 2. The molecule has 0 spiro atoms. The minimum absolute atomic E-state index is 0.0523. The number of aromatic nitrogens is 3. The van der Waals surface area contributed by atoms with Gasteiger partial charge in [0.05, 0.1) is 0 Å². The van der Waals surface area contributed by atoms with Crippen LogP contribution in [-0.2, 0) is 4.79 Å². The van der Waals surface area contributed by atoms with Crippen molar-refractivity contribution in [1.82, 2.24) is 20.1 Å². The lowest BCUT2D eigenvalue weighted by Gasteiger charge is -2.63. The lowest BCUT2D eigenvalue weighted by molar-refractivity contribution is -0.135. The molecular weight excluding hydrogens is 242 g/mol. The second-order valence-corrected chi connectivity index (χ2v) is 6.61. The number of carbonyl (C=O) groups excluding carboxylic acids is 1. The number of amides is 1. The predicted molar refractivity (Wildman–Crippen MR) is 72.2 cm³/mol. The highest BCUT2D eigenvalue weighted by atomic mass is 16.2. The number of carbonyl (C=O) groups is 1. The van der Waals surface area contributed by atoms with Crippen molar-refractivity contribution in [2.45, 2.75) is 52.7 Å². The Morgan fingerprint density at radius 3 is 2.42 bits per heavy atom. The molecule has 1 aliphatic carbocycles. The summed E-state index contributed by atoms with van der Waals surface area (Å²) in [5, 5.41) is 7.10. The Bertz CT molecular complexity index is 449. The summed E-state index contributed by atoms with van der Waals surface area (Å²) < 4.78 is 1.55. The maximum Gasteiger partial charge on any atom is 0.244 e. The smallest absolute Gasteiger partial charge is 0.244 e. The topological polar surface area (TPSA) is 85.8 Å². The Balaban J connectivity index is 2.08. The molecule has 0 aromatic carbocycles. The van der Waals surface area contributed by atoms with Crippen molar-refractivity contribution in [2.24, 2.45) is 16.6 Å². The zero-order valence-corrected chi connectivity index (χ0v) is 12.2. The van der Waals surface area contributed by atoms with E-state index < -0.39 is 0 Å². The molecule has 19 heavy (non-hydrogen) atoms. The maximum atomic E-state index is 12.3. The SMILES string of the molecule is CC(C(=O)NC1C(C)(C)C(N)C1(C)C)n1cncn1. The largest absolute Gasteiger partial charge is 0.350 e. The average Bonchev–Trinajstić information content (AvgIpc) is 2.86. The van der Waals surface area contributed by atoms with Crippen LogP contribution in [0.15, 0.2) is 12.7 Å². The van der Waals surface area contributed by atoms with E-state index in [9.17, 15) is 4.79 Å². The van der Waals surface area contributed by atoms with E-state index in [2.05, 4.69) is 43.1 Å². The number of nitrogens with one attached hydrogen (secondary N) is 1. The monoisotopic (exact) mass is 265 g/mol. The van der Waals surface area contributed by atoms with Crippen molar-refractivity contribution >= 4 is 5.91 Å². The van der Waals surface area contributed by atoms with Crippen LogP contribution in [0.4, 0.5) is 0 Å². The molecule has 0 aliphatic heterocycles. The Morgan fingerprint density at radius 1 is 1.37 bits per heavy atom. The lowest BCUT2D eigenvalue weighted by atomic mass is 9.48. The summed E-state index contributed by atoms with van der Waals surface area (Å²) in [7, 11) is 0. The van der Waals surface area contributed by atoms with Crippen LogP contribution in [0.25, 0.3) is 0 Å². The van der Waals surface area contributed by atoms with Crippen molar-refractivity contribution in [3.05, 3.63) is 12.7 Å². The Hall–Kier alpha value is -1.43. The van der Waals surface area contributed by atoms with Gasteiger partial charge in [0, 0.05) is 22.9 Å². The molecule has 1 unspecified atom stereocenters. The highest BCUT2D eigenvalue weighted by Gasteiger charge is 2.60. The first-order valence-electron chi connectivity index (χ1n) is 6.59. The maximum absolute atomic E-state index is 12.3. The number of nitrogens with two attached hydrogens (primary N) is 1. The standard InChI is InChI=1S/C13H23N5O/c1-8(18-7-15-6-16-18)9(19)17-11-12(2,3)10(14)13(11,4)5/h6-8,10-11H,14H2,1-5H3,(H,17,19). The fraction of sp³-hybridized carbons (Fsp3) is 0.769. The Labute approximate surface area is 113 Å². The minimum atomic E-state index is -0.370. The van der Waals surface area contributed by atoms with Crippen LogP contribution in [0.1, 0.15) is 40.7 Å². The molecule has 1 amide bonds. The van der Waals surface area contributed by atoms with Crippen molar-refractivity contribution < 1.29 is 4.79 Å². The van der Waals surface area contributed by atoms with E-state index in [0.29, 0.717) is 0 Å². The van der Waals surface area contributed by atoms with Crippen molar-refractivity contribution in [3.8, 4) is 0 Å². The molecule has 1 aliphatic rings. The average molecular weight is 265 g/mol. The molecule has 3 N–H and O–H groups in total. The van der Waals surface area contributed by atoms with Crippen LogP contribution in [0.3, 0.4) is 0 Å². The summed E-state index contributed by atoms with van der Waals surface area (Å²) in [5.74, 6) is -0.0523. The summed E-state index contributed by atoms with van der Waals surface area (Å²) in [6, 6.07) is -0.230. The molecule has 6 heteroatoms. The number of nitrogens with zero attached hydrogens (tertiary/aromatic N) is 3. The third kappa shape index (κ3) is 2.04. The van der Waals surface area contributed by atoms with E-state index in [1.165, 1.54) is 6.33 Å². The Kier molecular flexibility index (Phi) is 3.16. The molecule has 1 heterocycles. The van der Waals surface area contributed by atoms with E-state index in [1.807, 2.05) is 6.92 Å². The first kappa shape index (κ1) is 14.0. The fourth-order valence-corrected chi connectivity index (χ4v) is 3.35. The van der Waals surface area contributed by atoms with Crippen molar-refractivity contribution in [1.29, 1.82) is 0 Å². The van der Waals surface area contributed by atoms with Crippen LogP contribution in [0.5, 0.6) is 0 Å². The summed E-state index contributed by atoms with van der Waals surface area (Å²) in [6.45, 7) is 10.2.